The fourth-order valence-corrected chi connectivity index (χ4v) is 5.99. The van der Waals surface area contributed by atoms with Gasteiger partial charge >= 0.3 is 5.97 Å². The second kappa shape index (κ2) is 11.7. The Morgan fingerprint density at radius 1 is 1.32 bits per heavy atom. The van der Waals surface area contributed by atoms with Gasteiger partial charge in [-0.1, -0.05) is 40.7 Å². The number of thioether (sulfide) groups is 2. The molecule has 3 atom stereocenters. The normalized spacial score (nSPS) is 19.2. The predicted octanol–water partition coefficient (Wildman–Crippen LogP) is 3.65. The van der Waals surface area contributed by atoms with E-state index in [1.807, 2.05) is 51.1 Å². The topological polar surface area (TPSA) is 108 Å². The van der Waals surface area contributed by atoms with Gasteiger partial charge < -0.3 is 20.4 Å². The summed E-state index contributed by atoms with van der Waals surface area (Å²) in [5.41, 5.74) is 1.49. The van der Waals surface area contributed by atoms with E-state index >= 15 is 0 Å². The molecule has 3 N–H and O–H groups in total. The van der Waals surface area contributed by atoms with E-state index in [1.165, 1.54) is 29.7 Å². The SMILES string of the molecule is CC(C)=CC(C)(P)NC(=O)CO/N=C/C(CC(=O)O)=C1\Sc2ccccc2SC1CO. The number of aliphatic hydroxyl groups is 1. The van der Waals surface area contributed by atoms with E-state index in [0.717, 1.165) is 15.4 Å². The smallest absolute Gasteiger partial charge is 0.307 e. The van der Waals surface area contributed by atoms with Crippen molar-refractivity contribution in [2.24, 2.45) is 5.16 Å². The molecule has 1 aliphatic rings. The van der Waals surface area contributed by atoms with Crippen LogP contribution >= 0.6 is 32.8 Å². The fraction of sp³-hybridized carbons (Fsp3) is 0.381. The zero-order valence-corrected chi connectivity index (χ0v) is 20.4. The summed E-state index contributed by atoms with van der Waals surface area (Å²) in [5.74, 6) is -1.38. The summed E-state index contributed by atoms with van der Waals surface area (Å²) in [6, 6.07) is 7.74. The predicted molar refractivity (Wildman–Crippen MR) is 128 cm³/mol. The number of carbonyl (C=O) groups is 2. The summed E-state index contributed by atoms with van der Waals surface area (Å²) in [7, 11) is 2.56. The number of fused-ring (bicyclic) bond motifs is 1. The monoisotopic (exact) mass is 482 g/mol. The van der Waals surface area contributed by atoms with Gasteiger partial charge in [0.15, 0.2) is 6.61 Å². The molecule has 0 spiro atoms. The minimum absolute atomic E-state index is 0.140. The molecule has 0 bridgehead atoms. The molecule has 1 aliphatic heterocycles. The Labute approximate surface area is 193 Å². The first-order valence-electron chi connectivity index (χ1n) is 9.52. The lowest BCUT2D eigenvalue weighted by Gasteiger charge is -2.26. The standard InChI is InChI=1S/C21H27N2O5PS2/c1-13(2)9-21(3,29)23-18(25)12-28-22-10-14(8-19(26)27)20-17(11-24)30-15-6-4-5-7-16(15)31-20/h4-7,9-10,17,24H,8,11-12,29H2,1-3H3,(H,23,25)(H,26,27)/b20-14-,22-10+. The highest BCUT2D eigenvalue weighted by molar-refractivity contribution is 8.08. The molecule has 1 aromatic carbocycles. The number of carbonyl (C=O) groups excluding carboxylic acids is 1. The second-order valence-electron chi connectivity index (χ2n) is 7.36. The van der Waals surface area contributed by atoms with Crippen LogP contribution in [-0.2, 0) is 14.4 Å². The highest BCUT2D eigenvalue weighted by Gasteiger charge is 2.27. The minimum Gasteiger partial charge on any atom is -0.481 e. The van der Waals surface area contributed by atoms with Crippen LogP contribution in [0.25, 0.3) is 0 Å². The Balaban J connectivity index is 2.12. The number of rotatable bonds is 9. The average Bonchev–Trinajstić information content (AvgIpc) is 2.67. The second-order valence-corrected chi connectivity index (χ2v) is 10.9. The first kappa shape index (κ1) is 25.5. The average molecular weight is 483 g/mol. The Hall–Kier alpha value is -1.80. The molecule has 0 saturated heterocycles. The third kappa shape index (κ3) is 8.33. The number of nitrogens with one attached hydrogen (secondary N) is 1. The van der Waals surface area contributed by atoms with E-state index in [-0.39, 0.29) is 30.8 Å². The molecule has 0 saturated carbocycles. The zero-order valence-electron chi connectivity index (χ0n) is 17.6. The van der Waals surface area contributed by atoms with Gasteiger partial charge in [0.1, 0.15) is 0 Å². The summed E-state index contributed by atoms with van der Waals surface area (Å²) >= 11 is 2.90. The quantitative estimate of drug-likeness (QED) is 0.213. The molecule has 0 aromatic heterocycles. The number of benzene rings is 1. The molecule has 31 heavy (non-hydrogen) atoms. The molecule has 0 aliphatic carbocycles. The number of carboxylic acids is 1. The van der Waals surface area contributed by atoms with Crippen molar-refractivity contribution in [3.05, 3.63) is 46.4 Å². The molecule has 0 radical (unpaired) electrons. The lowest BCUT2D eigenvalue weighted by molar-refractivity contribution is -0.136. The lowest BCUT2D eigenvalue weighted by Crippen LogP contribution is -2.41. The van der Waals surface area contributed by atoms with Crippen LogP contribution in [0.15, 0.2) is 61.3 Å². The van der Waals surface area contributed by atoms with Crippen LogP contribution in [0, 0.1) is 0 Å². The molecular weight excluding hydrogens is 455 g/mol. The van der Waals surface area contributed by atoms with Crippen molar-refractivity contribution < 1.29 is 24.6 Å². The highest BCUT2D eigenvalue weighted by atomic mass is 32.2. The maximum Gasteiger partial charge on any atom is 0.307 e. The summed E-state index contributed by atoms with van der Waals surface area (Å²) in [5, 5.41) is 24.9. The van der Waals surface area contributed by atoms with Crippen LogP contribution in [0.4, 0.5) is 0 Å². The molecule has 7 nitrogen and oxygen atoms in total. The molecule has 0 fully saturated rings. The van der Waals surface area contributed by atoms with E-state index < -0.39 is 11.2 Å². The van der Waals surface area contributed by atoms with Crippen molar-refractivity contribution in [2.45, 2.75) is 47.5 Å². The summed E-state index contributed by atoms with van der Waals surface area (Å²) in [6.45, 7) is 5.27. The minimum atomic E-state index is -1.02. The van der Waals surface area contributed by atoms with E-state index in [9.17, 15) is 19.8 Å². The van der Waals surface area contributed by atoms with Crippen LogP contribution in [0.5, 0.6) is 0 Å². The number of aliphatic carboxylic acids is 1. The van der Waals surface area contributed by atoms with Gasteiger partial charge in [-0.3, -0.25) is 9.59 Å². The van der Waals surface area contributed by atoms with Crippen molar-refractivity contribution in [1.82, 2.24) is 5.32 Å². The van der Waals surface area contributed by atoms with E-state index in [2.05, 4.69) is 19.7 Å². The molecule has 1 aromatic rings. The first-order chi connectivity index (χ1) is 14.6. The number of nitrogens with zero attached hydrogens (tertiary/aromatic N) is 1. The van der Waals surface area contributed by atoms with Crippen LogP contribution in [-0.4, -0.2) is 52.0 Å². The third-order valence-electron chi connectivity index (χ3n) is 3.93. The number of aliphatic hydroxyl groups excluding tert-OH is 1. The number of oxime groups is 1. The summed E-state index contributed by atoms with van der Waals surface area (Å²) < 4.78 is 0. The van der Waals surface area contributed by atoms with Gasteiger partial charge in [-0.2, -0.15) is 0 Å². The van der Waals surface area contributed by atoms with Gasteiger partial charge in [0.2, 0.25) is 0 Å². The van der Waals surface area contributed by atoms with Crippen molar-refractivity contribution >= 4 is 50.9 Å². The lowest BCUT2D eigenvalue weighted by atomic mass is 10.1. The van der Waals surface area contributed by atoms with E-state index in [1.54, 1.807) is 0 Å². The molecule has 3 unspecified atom stereocenters. The molecule has 10 heteroatoms. The molecule has 1 amide bonds. The number of carboxylic acid groups (broad SMARTS) is 1. The molecule has 1 heterocycles. The molecule has 2 rings (SSSR count). The summed E-state index contributed by atoms with van der Waals surface area (Å²) in [4.78, 5) is 31.3. The Kier molecular flexibility index (Phi) is 9.62. The van der Waals surface area contributed by atoms with E-state index in [4.69, 9.17) is 4.84 Å². The van der Waals surface area contributed by atoms with Gasteiger partial charge in [-0.25, -0.2) is 0 Å². The summed E-state index contributed by atoms with van der Waals surface area (Å²) in [6.07, 6.45) is 2.95. The number of hydrogen-bond acceptors (Lipinski definition) is 7. The first-order valence-corrected chi connectivity index (χ1v) is 11.8. The van der Waals surface area contributed by atoms with Gasteiger partial charge in [-0.15, -0.1) is 21.0 Å². The maximum absolute atomic E-state index is 12.1. The zero-order chi connectivity index (χ0) is 23.0. The van der Waals surface area contributed by atoms with Crippen LogP contribution in [0.1, 0.15) is 27.2 Å². The van der Waals surface area contributed by atoms with Crippen molar-refractivity contribution in [2.75, 3.05) is 13.2 Å². The third-order valence-corrected chi connectivity index (χ3v) is 7.14. The van der Waals surface area contributed by atoms with Gasteiger partial charge in [0, 0.05) is 14.7 Å². The Morgan fingerprint density at radius 2 is 2.00 bits per heavy atom. The van der Waals surface area contributed by atoms with Crippen molar-refractivity contribution in [3.63, 3.8) is 0 Å². The molecular formula is C21H27N2O5PS2. The number of allylic oxidation sites excluding steroid dienone is 1. The van der Waals surface area contributed by atoms with Crippen molar-refractivity contribution in [1.29, 1.82) is 0 Å². The fourth-order valence-electron chi connectivity index (χ4n) is 2.94. The van der Waals surface area contributed by atoms with E-state index in [0.29, 0.717) is 10.5 Å². The van der Waals surface area contributed by atoms with Gasteiger partial charge in [-0.05, 0) is 38.5 Å². The Bertz CT molecular complexity index is 911. The van der Waals surface area contributed by atoms with Crippen LogP contribution in [0.3, 0.4) is 0 Å². The largest absolute Gasteiger partial charge is 0.481 e. The highest BCUT2D eigenvalue weighted by Crippen LogP contribution is 2.48. The number of amides is 1. The van der Waals surface area contributed by atoms with Crippen LogP contribution < -0.4 is 5.32 Å². The van der Waals surface area contributed by atoms with Gasteiger partial charge in [0.25, 0.3) is 5.91 Å². The maximum atomic E-state index is 12.1. The number of hydrogen-bond donors (Lipinski definition) is 3. The Morgan fingerprint density at radius 3 is 2.61 bits per heavy atom. The molecule has 168 valence electrons. The van der Waals surface area contributed by atoms with Gasteiger partial charge in [0.05, 0.1) is 29.8 Å². The van der Waals surface area contributed by atoms with Crippen LogP contribution in [0.2, 0.25) is 0 Å². The van der Waals surface area contributed by atoms with Crippen molar-refractivity contribution in [3.8, 4) is 0 Å².